The number of benzene rings is 1. The summed E-state index contributed by atoms with van der Waals surface area (Å²) >= 11 is 0. The third-order valence-corrected chi connectivity index (χ3v) is 3.60. The van der Waals surface area contributed by atoms with E-state index in [9.17, 15) is 9.50 Å². The van der Waals surface area contributed by atoms with Gasteiger partial charge in [0.1, 0.15) is 11.6 Å². The van der Waals surface area contributed by atoms with Crippen molar-refractivity contribution in [3.8, 4) is 5.75 Å². The van der Waals surface area contributed by atoms with Gasteiger partial charge in [-0.3, -0.25) is 4.90 Å². The lowest BCUT2D eigenvalue weighted by atomic mass is 9.95. The molecule has 0 spiro atoms. The summed E-state index contributed by atoms with van der Waals surface area (Å²) in [6.45, 7) is 7.38. The molecule has 1 fully saturated rings. The zero-order valence-corrected chi connectivity index (χ0v) is 10.5. The van der Waals surface area contributed by atoms with Crippen molar-refractivity contribution in [2.75, 3.05) is 13.1 Å². The highest BCUT2D eigenvalue weighted by Gasteiger charge is 2.24. The van der Waals surface area contributed by atoms with E-state index >= 15 is 0 Å². The molecule has 1 saturated heterocycles. The van der Waals surface area contributed by atoms with Crippen molar-refractivity contribution in [1.29, 1.82) is 0 Å². The van der Waals surface area contributed by atoms with Crippen molar-refractivity contribution in [3.05, 3.63) is 29.6 Å². The molecular formula is C14H20FNO. The van der Waals surface area contributed by atoms with Crippen LogP contribution in [0.1, 0.15) is 25.8 Å². The standard InChI is InChI=1S/C14H20FNO/c1-10(2)12-3-4-16(9-12)8-11-5-13(15)7-14(17)6-11/h5-7,10,12,17H,3-4,8-9H2,1-2H3. The van der Waals surface area contributed by atoms with Gasteiger partial charge in [0, 0.05) is 19.2 Å². The number of aromatic hydroxyl groups is 1. The van der Waals surface area contributed by atoms with Crippen molar-refractivity contribution in [3.63, 3.8) is 0 Å². The lowest BCUT2D eigenvalue weighted by molar-refractivity contribution is 0.296. The van der Waals surface area contributed by atoms with E-state index in [1.807, 2.05) is 0 Å². The van der Waals surface area contributed by atoms with Crippen LogP contribution in [-0.2, 0) is 6.54 Å². The van der Waals surface area contributed by atoms with Gasteiger partial charge in [0.25, 0.3) is 0 Å². The average molecular weight is 237 g/mol. The van der Waals surface area contributed by atoms with Crippen LogP contribution in [0.3, 0.4) is 0 Å². The Labute approximate surface area is 102 Å². The Morgan fingerprint density at radius 2 is 2.18 bits per heavy atom. The SMILES string of the molecule is CC(C)C1CCN(Cc2cc(O)cc(F)c2)C1. The van der Waals surface area contributed by atoms with Gasteiger partial charge in [0.05, 0.1) is 0 Å². The quantitative estimate of drug-likeness (QED) is 0.873. The number of phenolic OH excluding ortho intramolecular Hbond substituents is 1. The molecule has 1 aromatic rings. The molecule has 1 N–H and O–H groups in total. The van der Waals surface area contributed by atoms with Crippen molar-refractivity contribution in [2.24, 2.45) is 11.8 Å². The summed E-state index contributed by atoms with van der Waals surface area (Å²) in [7, 11) is 0. The Balaban J connectivity index is 1.98. The van der Waals surface area contributed by atoms with Crippen molar-refractivity contribution in [1.82, 2.24) is 4.90 Å². The first-order valence-corrected chi connectivity index (χ1v) is 6.25. The smallest absolute Gasteiger partial charge is 0.127 e. The molecule has 1 atom stereocenters. The minimum atomic E-state index is -0.361. The molecule has 0 amide bonds. The van der Waals surface area contributed by atoms with Gasteiger partial charge in [-0.25, -0.2) is 4.39 Å². The van der Waals surface area contributed by atoms with Crippen LogP contribution in [0.4, 0.5) is 4.39 Å². The minimum Gasteiger partial charge on any atom is -0.508 e. The van der Waals surface area contributed by atoms with E-state index in [1.54, 1.807) is 6.07 Å². The van der Waals surface area contributed by atoms with Crippen LogP contribution in [0.15, 0.2) is 18.2 Å². The highest BCUT2D eigenvalue weighted by Crippen LogP contribution is 2.25. The highest BCUT2D eigenvalue weighted by atomic mass is 19.1. The fourth-order valence-electron chi connectivity index (χ4n) is 2.53. The molecule has 0 radical (unpaired) electrons. The minimum absolute atomic E-state index is 0.0135. The topological polar surface area (TPSA) is 23.5 Å². The van der Waals surface area contributed by atoms with Gasteiger partial charge < -0.3 is 5.11 Å². The van der Waals surface area contributed by atoms with Crippen LogP contribution in [0.5, 0.6) is 5.75 Å². The Bertz CT molecular complexity index is 372. The van der Waals surface area contributed by atoms with Crippen molar-refractivity contribution >= 4 is 0 Å². The predicted octanol–water partition coefficient (Wildman–Crippen LogP) is 3.01. The van der Waals surface area contributed by atoms with Gasteiger partial charge >= 0.3 is 0 Å². The van der Waals surface area contributed by atoms with Crippen LogP contribution in [0.2, 0.25) is 0 Å². The van der Waals surface area contributed by atoms with Crippen molar-refractivity contribution < 1.29 is 9.50 Å². The molecule has 1 aliphatic heterocycles. The Hall–Kier alpha value is -1.09. The molecule has 1 aromatic carbocycles. The maximum Gasteiger partial charge on any atom is 0.127 e. The molecule has 2 rings (SSSR count). The Morgan fingerprint density at radius 1 is 1.41 bits per heavy atom. The van der Waals surface area contributed by atoms with Gasteiger partial charge in [-0.15, -0.1) is 0 Å². The summed E-state index contributed by atoms with van der Waals surface area (Å²) in [4.78, 5) is 2.33. The number of hydrogen-bond acceptors (Lipinski definition) is 2. The maximum absolute atomic E-state index is 13.1. The van der Waals surface area contributed by atoms with Crippen molar-refractivity contribution in [2.45, 2.75) is 26.8 Å². The molecule has 0 bridgehead atoms. The van der Waals surface area contributed by atoms with E-state index in [1.165, 1.54) is 12.5 Å². The molecule has 17 heavy (non-hydrogen) atoms. The lowest BCUT2D eigenvalue weighted by Gasteiger charge is -2.18. The monoisotopic (exact) mass is 237 g/mol. The van der Waals surface area contributed by atoms with Gasteiger partial charge in [-0.1, -0.05) is 13.8 Å². The number of hydrogen-bond donors (Lipinski definition) is 1. The van der Waals surface area contributed by atoms with E-state index in [4.69, 9.17) is 0 Å². The fraction of sp³-hybridized carbons (Fsp3) is 0.571. The summed E-state index contributed by atoms with van der Waals surface area (Å²) < 4.78 is 13.1. The molecular weight excluding hydrogens is 217 g/mol. The fourth-order valence-corrected chi connectivity index (χ4v) is 2.53. The lowest BCUT2D eigenvalue weighted by Crippen LogP contribution is -2.21. The second-order valence-electron chi connectivity index (χ2n) is 5.35. The molecule has 94 valence electrons. The van der Waals surface area contributed by atoms with Crippen LogP contribution in [0, 0.1) is 17.7 Å². The average Bonchev–Trinajstić information content (AvgIpc) is 2.64. The van der Waals surface area contributed by atoms with E-state index in [0.29, 0.717) is 5.92 Å². The van der Waals surface area contributed by atoms with E-state index < -0.39 is 0 Å². The summed E-state index contributed by atoms with van der Waals surface area (Å²) in [6.07, 6.45) is 1.22. The molecule has 0 saturated carbocycles. The summed E-state index contributed by atoms with van der Waals surface area (Å²) in [5.41, 5.74) is 0.854. The molecule has 0 aliphatic carbocycles. The van der Waals surface area contributed by atoms with Crippen LogP contribution < -0.4 is 0 Å². The van der Waals surface area contributed by atoms with Crippen LogP contribution >= 0.6 is 0 Å². The third kappa shape index (κ3) is 3.19. The zero-order chi connectivity index (χ0) is 12.4. The van der Waals surface area contributed by atoms with Crippen LogP contribution in [-0.4, -0.2) is 23.1 Å². The Kier molecular flexibility index (Phi) is 3.67. The van der Waals surface area contributed by atoms with E-state index in [2.05, 4.69) is 18.7 Å². The van der Waals surface area contributed by atoms with Gasteiger partial charge in [-0.05, 0) is 42.5 Å². The van der Waals surface area contributed by atoms with Gasteiger partial charge in [0.2, 0.25) is 0 Å². The molecule has 1 unspecified atom stereocenters. The summed E-state index contributed by atoms with van der Waals surface area (Å²) in [5, 5.41) is 9.35. The van der Waals surface area contributed by atoms with Gasteiger partial charge in [-0.2, -0.15) is 0 Å². The molecule has 2 nitrogen and oxygen atoms in total. The number of rotatable bonds is 3. The second kappa shape index (κ2) is 5.05. The highest BCUT2D eigenvalue weighted by molar-refractivity contribution is 5.28. The predicted molar refractivity (Wildman–Crippen MR) is 66.3 cm³/mol. The first-order valence-electron chi connectivity index (χ1n) is 6.25. The maximum atomic E-state index is 13.1. The first kappa shape index (κ1) is 12.4. The second-order valence-corrected chi connectivity index (χ2v) is 5.35. The zero-order valence-electron chi connectivity index (χ0n) is 10.5. The number of halogens is 1. The number of nitrogens with zero attached hydrogens (tertiary/aromatic N) is 1. The van der Waals surface area contributed by atoms with Crippen LogP contribution in [0.25, 0.3) is 0 Å². The molecule has 1 aliphatic rings. The largest absolute Gasteiger partial charge is 0.508 e. The Morgan fingerprint density at radius 3 is 2.76 bits per heavy atom. The molecule has 3 heteroatoms. The molecule has 1 heterocycles. The normalized spacial score (nSPS) is 21.3. The number of likely N-dealkylation sites (tertiary alicyclic amines) is 1. The third-order valence-electron chi connectivity index (χ3n) is 3.60. The van der Waals surface area contributed by atoms with Gasteiger partial charge in [0.15, 0.2) is 0 Å². The van der Waals surface area contributed by atoms with E-state index in [-0.39, 0.29) is 11.6 Å². The summed E-state index contributed by atoms with van der Waals surface area (Å²) in [5.74, 6) is 1.11. The first-order chi connectivity index (χ1) is 8.04. The summed E-state index contributed by atoms with van der Waals surface area (Å²) in [6, 6.07) is 4.29. The van der Waals surface area contributed by atoms with E-state index in [0.717, 1.165) is 37.2 Å². The molecule has 0 aromatic heterocycles. The number of phenols is 1.